The molecule has 1 heterocycles. The Morgan fingerprint density at radius 2 is 1.88 bits per heavy atom. The third-order valence-electron chi connectivity index (χ3n) is 4.39. The lowest BCUT2D eigenvalue weighted by Gasteiger charge is -2.29. The molecule has 2 aromatic carbocycles. The van der Waals surface area contributed by atoms with Crippen LogP contribution in [0.25, 0.3) is 6.08 Å². The van der Waals surface area contributed by atoms with E-state index in [1.165, 1.54) is 0 Å². The molecule has 2 N–H and O–H groups in total. The van der Waals surface area contributed by atoms with Gasteiger partial charge in [0.05, 0.1) is 0 Å². The van der Waals surface area contributed by atoms with Crippen molar-refractivity contribution in [3.05, 3.63) is 76.4 Å². The largest absolute Gasteiger partial charge is 0.334 e. The van der Waals surface area contributed by atoms with E-state index in [-0.39, 0.29) is 5.91 Å². The second kappa shape index (κ2) is 7.32. The molecule has 128 valence electrons. The lowest BCUT2D eigenvalue weighted by Crippen LogP contribution is -2.36. The van der Waals surface area contributed by atoms with E-state index in [9.17, 15) is 9.59 Å². The molecule has 0 spiro atoms. The lowest BCUT2D eigenvalue weighted by atomic mass is 9.96. The predicted octanol–water partition coefficient (Wildman–Crippen LogP) is 2.79. The molecule has 1 aliphatic heterocycles. The molecule has 0 aromatic heterocycles. The number of hydrogen-bond acceptors (Lipinski definition) is 3. The average molecular weight is 336 g/mol. The van der Waals surface area contributed by atoms with Crippen molar-refractivity contribution in [2.75, 3.05) is 6.54 Å². The monoisotopic (exact) mass is 336 g/mol. The number of fused-ring (bicyclic) bond motifs is 1. The van der Waals surface area contributed by atoms with Crippen molar-refractivity contribution in [2.24, 2.45) is 0 Å². The summed E-state index contributed by atoms with van der Waals surface area (Å²) in [5.41, 5.74) is 5.76. The van der Waals surface area contributed by atoms with Crippen LogP contribution >= 0.6 is 0 Å². The Labute approximate surface area is 146 Å². The van der Waals surface area contributed by atoms with E-state index in [1.54, 1.807) is 22.5 Å². The fourth-order valence-electron chi connectivity index (χ4n) is 3.05. The summed E-state index contributed by atoms with van der Waals surface area (Å²) in [6.45, 7) is 2.93. The smallest absolute Gasteiger partial charge is 0.274 e. The highest BCUT2D eigenvalue weighted by atomic mass is 16.5. The highest BCUT2D eigenvalue weighted by Gasteiger charge is 2.22. The molecule has 0 aliphatic carbocycles. The molecule has 3 rings (SSSR count). The van der Waals surface area contributed by atoms with Gasteiger partial charge in [0.2, 0.25) is 5.91 Å². The molecule has 5 nitrogen and oxygen atoms in total. The first-order valence-electron chi connectivity index (χ1n) is 8.17. The Balaban J connectivity index is 1.78. The number of hydrogen-bond donors (Lipinski definition) is 2. The fraction of sp³-hybridized carbons (Fsp3) is 0.200. The van der Waals surface area contributed by atoms with Crippen LogP contribution in [0.4, 0.5) is 0 Å². The molecule has 0 atom stereocenters. The first-order chi connectivity index (χ1) is 12.1. The summed E-state index contributed by atoms with van der Waals surface area (Å²) in [6.07, 6.45) is 2.63. The van der Waals surface area contributed by atoms with Crippen molar-refractivity contribution >= 4 is 17.9 Å². The van der Waals surface area contributed by atoms with Gasteiger partial charge in [0.15, 0.2) is 0 Å². The van der Waals surface area contributed by atoms with Crippen LogP contribution in [0.3, 0.4) is 0 Å². The summed E-state index contributed by atoms with van der Waals surface area (Å²) in [5.74, 6) is -0.557. The van der Waals surface area contributed by atoms with Crippen LogP contribution in [0.5, 0.6) is 0 Å². The van der Waals surface area contributed by atoms with Gasteiger partial charge >= 0.3 is 0 Å². The van der Waals surface area contributed by atoms with Gasteiger partial charge in [-0.2, -0.15) is 0 Å². The first kappa shape index (κ1) is 16.9. The number of amides is 2. The van der Waals surface area contributed by atoms with Crippen molar-refractivity contribution in [1.29, 1.82) is 0 Å². The Morgan fingerprint density at radius 1 is 1.12 bits per heavy atom. The molecule has 0 saturated heterocycles. The van der Waals surface area contributed by atoms with Gasteiger partial charge in [0, 0.05) is 24.2 Å². The van der Waals surface area contributed by atoms with Gasteiger partial charge in [-0.25, -0.2) is 5.48 Å². The van der Waals surface area contributed by atoms with E-state index in [0.717, 1.165) is 23.1 Å². The number of carbonyl (C=O) groups excluding carboxylic acids is 2. The van der Waals surface area contributed by atoms with Crippen molar-refractivity contribution in [3.8, 4) is 0 Å². The highest BCUT2D eigenvalue weighted by Crippen LogP contribution is 2.22. The van der Waals surface area contributed by atoms with E-state index >= 15 is 0 Å². The molecule has 0 bridgehead atoms. The Kier molecular flexibility index (Phi) is 4.95. The number of carbonyl (C=O) groups is 2. The number of hydroxylamine groups is 1. The quantitative estimate of drug-likeness (QED) is 0.514. The van der Waals surface area contributed by atoms with Crippen molar-refractivity contribution < 1.29 is 14.8 Å². The van der Waals surface area contributed by atoms with Crippen molar-refractivity contribution in [1.82, 2.24) is 10.4 Å². The zero-order chi connectivity index (χ0) is 17.8. The summed E-state index contributed by atoms with van der Waals surface area (Å²) in [6, 6.07) is 15.0. The van der Waals surface area contributed by atoms with Gasteiger partial charge < -0.3 is 4.90 Å². The normalized spacial score (nSPS) is 14.0. The van der Waals surface area contributed by atoms with Gasteiger partial charge in [-0.15, -0.1) is 0 Å². The SMILES string of the molecule is CC(=Cc1ccccc1)C(=O)N1CCc2ccc(C(=O)NO)cc2C1. The van der Waals surface area contributed by atoms with Crippen molar-refractivity contribution in [2.45, 2.75) is 19.9 Å². The second-order valence-corrected chi connectivity index (χ2v) is 6.14. The Hall–Kier alpha value is -2.92. The summed E-state index contributed by atoms with van der Waals surface area (Å²) < 4.78 is 0. The first-order valence-corrected chi connectivity index (χ1v) is 8.17. The minimum Gasteiger partial charge on any atom is -0.334 e. The third-order valence-corrected chi connectivity index (χ3v) is 4.39. The number of benzene rings is 2. The molecule has 2 amide bonds. The topological polar surface area (TPSA) is 69.6 Å². The molecule has 1 aliphatic rings. The van der Waals surface area contributed by atoms with E-state index in [0.29, 0.717) is 24.2 Å². The van der Waals surface area contributed by atoms with E-state index < -0.39 is 5.91 Å². The van der Waals surface area contributed by atoms with E-state index in [1.807, 2.05) is 49.4 Å². The maximum absolute atomic E-state index is 12.7. The summed E-state index contributed by atoms with van der Waals surface area (Å²) >= 11 is 0. The van der Waals surface area contributed by atoms with E-state index in [2.05, 4.69) is 0 Å². The maximum atomic E-state index is 12.7. The van der Waals surface area contributed by atoms with Gasteiger partial charge in [0.1, 0.15) is 0 Å². The average Bonchev–Trinajstić information content (AvgIpc) is 2.66. The zero-order valence-electron chi connectivity index (χ0n) is 14.0. The Morgan fingerprint density at radius 3 is 2.60 bits per heavy atom. The molecule has 0 unspecified atom stereocenters. The molecule has 2 aromatic rings. The molecule has 0 saturated carbocycles. The van der Waals surface area contributed by atoms with Crippen LogP contribution in [0.1, 0.15) is 34.0 Å². The summed E-state index contributed by atoms with van der Waals surface area (Å²) in [4.78, 5) is 26.1. The standard InChI is InChI=1S/C20H20N2O3/c1-14(11-15-5-3-2-4-6-15)20(24)22-10-9-16-7-8-17(19(23)21-25)12-18(16)13-22/h2-8,11-12,25H,9-10,13H2,1H3,(H,21,23). The molecule has 0 fully saturated rings. The van der Waals surface area contributed by atoms with Crippen LogP contribution in [-0.2, 0) is 17.8 Å². The summed E-state index contributed by atoms with van der Waals surface area (Å²) in [5, 5.41) is 8.77. The molecule has 25 heavy (non-hydrogen) atoms. The minimum atomic E-state index is -0.550. The van der Waals surface area contributed by atoms with Crippen molar-refractivity contribution in [3.63, 3.8) is 0 Å². The van der Waals surface area contributed by atoms with Crippen LogP contribution in [-0.4, -0.2) is 28.5 Å². The summed E-state index contributed by atoms with van der Waals surface area (Å²) in [7, 11) is 0. The third kappa shape index (κ3) is 3.78. The van der Waals surface area contributed by atoms with Gasteiger partial charge in [-0.1, -0.05) is 36.4 Å². The van der Waals surface area contributed by atoms with Gasteiger partial charge in [-0.3, -0.25) is 14.8 Å². The zero-order valence-corrected chi connectivity index (χ0v) is 14.0. The van der Waals surface area contributed by atoms with Crippen LogP contribution in [0, 0.1) is 0 Å². The minimum absolute atomic E-state index is 0.00786. The van der Waals surface area contributed by atoms with Gasteiger partial charge in [0.25, 0.3) is 5.91 Å². The van der Waals surface area contributed by atoms with Gasteiger partial charge in [-0.05, 0) is 48.2 Å². The highest BCUT2D eigenvalue weighted by molar-refractivity contribution is 5.97. The molecular weight excluding hydrogens is 316 g/mol. The number of rotatable bonds is 3. The Bertz CT molecular complexity index is 828. The van der Waals surface area contributed by atoms with E-state index in [4.69, 9.17) is 5.21 Å². The number of nitrogens with one attached hydrogen (secondary N) is 1. The fourth-order valence-corrected chi connectivity index (χ4v) is 3.05. The van der Waals surface area contributed by atoms with Crippen LogP contribution in [0.15, 0.2) is 54.1 Å². The predicted molar refractivity (Wildman–Crippen MR) is 94.9 cm³/mol. The second-order valence-electron chi connectivity index (χ2n) is 6.14. The van der Waals surface area contributed by atoms with Crippen LogP contribution < -0.4 is 5.48 Å². The molecule has 5 heteroatoms. The lowest BCUT2D eigenvalue weighted by molar-refractivity contribution is -0.127. The van der Waals surface area contributed by atoms with Crippen LogP contribution in [0.2, 0.25) is 0 Å². The molecular formula is C20H20N2O3. The number of nitrogens with zero attached hydrogens (tertiary/aromatic N) is 1. The molecule has 0 radical (unpaired) electrons. The maximum Gasteiger partial charge on any atom is 0.274 e.